The maximum absolute atomic E-state index is 14.4. The molecule has 1 fully saturated rings. The largest absolute Gasteiger partial charge is 0.494 e. The molecule has 0 saturated carbocycles. The van der Waals surface area contributed by atoms with Gasteiger partial charge in [-0.05, 0) is 19.4 Å². The van der Waals surface area contributed by atoms with Crippen molar-refractivity contribution in [3.63, 3.8) is 0 Å². The predicted molar refractivity (Wildman–Crippen MR) is 79.0 cm³/mol. The molecule has 0 amide bonds. The van der Waals surface area contributed by atoms with Gasteiger partial charge in [-0.3, -0.25) is 4.90 Å². The monoisotopic (exact) mass is 297 g/mol. The van der Waals surface area contributed by atoms with E-state index in [1.165, 1.54) is 7.11 Å². The van der Waals surface area contributed by atoms with Crippen LogP contribution < -0.4 is 4.74 Å². The van der Waals surface area contributed by atoms with Crippen LogP contribution in [0.15, 0.2) is 18.2 Å². The van der Waals surface area contributed by atoms with Crippen molar-refractivity contribution in [2.24, 2.45) is 0 Å². The van der Waals surface area contributed by atoms with E-state index in [1.807, 2.05) is 13.8 Å². The molecule has 1 aliphatic heterocycles. The number of ether oxygens (including phenoxy) is 2. The number of nitrogens with zero attached hydrogens (tertiary/aromatic N) is 1. The number of methoxy groups -OCH3 is 1. The molecule has 0 bridgehead atoms. The van der Waals surface area contributed by atoms with E-state index in [4.69, 9.17) is 9.47 Å². The molecule has 21 heavy (non-hydrogen) atoms. The summed E-state index contributed by atoms with van der Waals surface area (Å²) in [5.41, 5.74) is -0.248. The first-order valence-corrected chi connectivity index (χ1v) is 7.37. The lowest BCUT2D eigenvalue weighted by Crippen LogP contribution is -2.54. The Kier molecular flexibility index (Phi) is 5.19. The average molecular weight is 297 g/mol. The zero-order valence-electron chi connectivity index (χ0n) is 12.9. The summed E-state index contributed by atoms with van der Waals surface area (Å²) in [5, 5.41) is 10.8. The molecule has 2 unspecified atom stereocenters. The summed E-state index contributed by atoms with van der Waals surface area (Å²) in [4.78, 5) is 2.18. The second-order valence-corrected chi connectivity index (χ2v) is 5.58. The molecule has 1 aromatic rings. The fourth-order valence-corrected chi connectivity index (χ4v) is 2.90. The minimum atomic E-state index is -0.921. The molecule has 0 aromatic heterocycles. The molecule has 1 aliphatic rings. The Bertz CT molecular complexity index is 477. The average Bonchev–Trinajstić information content (AvgIpc) is 2.54. The second kappa shape index (κ2) is 6.73. The highest BCUT2D eigenvalue weighted by Gasteiger charge is 2.40. The summed E-state index contributed by atoms with van der Waals surface area (Å²) in [6.07, 6.45) is -0.208. The van der Waals surface area contributed by atoms with E-state index < -0.39 is 17.5 Å². The summed E-state index contributed by atoms with van der Waals surface area (Å²) < 4.78 is 24.8. The van der Waals surface area contributed by atoms with Gasteiger partial charge in [0.05, 0.1) is 26.4 Å². The van der Waals surface area contributed by atoms with E-state index in [9.17, 15) is 9.50 Å². The van der Waals surface area contributed by atoms with Gasteiger partial charge in [0, 0.05) is 24.2 Å². The third kappa shape index (κ3) is 3.05. The number of halogens is 1. The van der Waals surface area contributed by atoms with Gasteiger partial charge in [0.2, 0.25) is 0 Å². The normalized spacial score (nSPS) is 20.8. The quantitative estimate of drug-likeness (QED) is 0.906. The van der Waals surface area contributed by atoms with Crippen LogP contribution in [0, 0.1) is 5.82 Å². The van der Waals surface area contributed by atoms with Crippen molar-refractivity contribution < 1.29 is 19.0 Å². The Morgan fingerprint density at radius 3 is 2.67 bits per heavy atom. The number of aliphatic hydroxyl groups is 1. The van der Waals surface area contributed by atoms with Crippen LogP contribution in [0.2, 0.25) is 0 Å². The molecular formula is C16H24FNO3. The Labute approximate surface area is 125 Å². The highest BCUT2D eigenvalue weighted by Crippen LogP contribution is 2.37. The van der Waals surface area contributed by atoms with Gasteiger partial charge in [0.1, 0.15) is 0 Å². The lowest BCUT2D eigenvalue weighted by molar-refractivity contribution is -0.0744. The molecule has 0 radical (unpaired) electrons. The van der Waals surface area contributed by atoms with Gasteiger partial charge in [-0.15, -0.1) is 0 Å². The standard InChI is InChI=1S/C16H24FNO3/c1-4-16(2,18-8-10-21-11-9-18)15(19)12-6-5-7-13(20-3)14(12)17/h5-7,15,19H,4,8-11H2,1-3H3. The van der Waals surface area contributed by atoms with Gasteiger partial charge >= 0.3 is 0 Å². The van der Waals surface area contributed by atoms with Crippen LogP contribution in [0.3, 0.4) is 0 Å². The molecule has 0 spiro atoms. The van der Waals surface area contributed by atoms with Gasteiger partial charge in [-0.25, -0.2) is 4.39 Å². The SMILES string of the molecule is CCC(C)(C(O)c1cccc(OC)c1F)N1CCOCC1. The van der Waals surface area contributed by atoms with E-state index in [0.717, 1.165) is 13.1 Å². The Hall–Kier alpha value is -1.17. The minimum absolute atomic E-state index is 0.159. The minimum Gasteiger partial charge on any atom is -0.494 e. The smallest absolute Gasteiger partial charge is 0.170 e. The van der Waals surface area contributed by atoms with Gasteiger partial charge < -0.3 is 14.6 Å². The molecule has 2 atom stereocenters. The van der Waals surface area contributed by atoms with Gasteiger partial charge in [0.25, 0.3) is 0 Å². The van der Waals surface area contributed by atoms with Crippen LogP contribution in [-0.2, 0) is 4.74 Å². The maximum atomic E-state index is 14.4. The van der Waals surface area contributed by atoms with Crippen LogP contribution in [0.4, 0.5) is 4.39 Å². The van der Waals surface area contributed by atoms with Gasteiger partial charge in [-0.1, -0.05) is 19.1 Å². The van der Waals surface area contributed by atoms with Crippen molar-refractivity contribution in [2.45, 2.75) is 31.9 Å². The fraction of sp³-hybridized carbons (Fsp3) is 0.625. The second-order valence-electron chi connectivity index (χ2n) is 5.58. The summed E-state index contributed by atoms with van der Waals surface area (Å²) in [5.74, 6) is -0.326. The molecule has 1 aromatic carbocycles. The lowest BCUT2D eigenvalue weighted by atomic mass is 9.84. The summed E-state index contributed by atoms with van der Waals surface area (Å²) in [6, 6.07) is 4.89. The molecule has 2 rings (SSSR count). The van der Waals surface area contributed by atoms with Crippen LogP contribution in [0.1, 0.15) is 31.9 Å². The van der Waals surface area contributed by atoms with Crippen LogP contribution in [0.25, 0.3) is 0 Å². The fourth-order valence-electron chi connectivity index (χ4n) is 2.90. The number of hydrogen-bond acceptors (Lipinski definition) is 4. The first-order chi connectivity index (χ1) is 10.0. The zero-order valence-corrected chi connectivity index (χ0v) is 12.9. The molecule has 1 saturated heterocycles. The maximum Gasteiger partial charge on any atom is 0.170 e. The van der Waals surface area contributed by atoms with E-state index in [-0.39, 0.29) is 11.3 Å². The number of morpholine rings is 1. The van der Waals surface area contributed by atoms with Crippen LogP contribution in [0.5, 0.6) is 5.75 Å². The van der Waals surface area contributed by atoms with Crippen LogP contribution >= 0.6 is 0 Å². The van der Waals surface area contributed by atoms with Crippen molar-refractivity contribution in [2.75, 3.05) is 33.4 Å². The Balaban J connectivity index is 2.33. The molecule has 1 N–H and O–H groups in total. The van der Waals surface area contributed by atoms with E-state index in [0.29, 0.717) is 19.6 Å². The lowest BCUT2D eigenvalue weighted by Gasteiger charge is -2.46. The van der Waals surface area contributed by atoms with Crippen molar-refractivity contribution in [1.82, 2.24) is 4.90 Å². The highest BCUT2D eigenvalue weighted by molar-refractivity contribution is 5.33. The Morgan fingerprint density at radius 1 is 1.43 bits per heavy atom. The van der Waals surface area contributed by atoms with E-state index in [1.54, 1.807) is 18.2 Å². The van der Waals surface area contributed by atoms with Gasteiger partial charge in [0.15, 0.2) is 11.6 Å². The van der Waals surface area contributed by atoms with Crippen molar-refractivity contribution in [1.29, 1.82) is 0 Å². The predicted octanol–water partition coefficient (Wildman–Crippen LogP) is 2.37. The topological polar surface area (TPSA) is 41.9 Å². The summed E-state index contributed by atoms with van der Waals surface area (Å²) in [6.45, 7) is 6.75. The van der Waals surface area contributed by atoms with Crippen molar-refractivity contribution in [3.05, 3.63) is 29.6 Å². The summed E-state index contributed by atoms with van der Waals surface area (Å²) in [7, 11) is 1.43. The van der Waals surface area contributed by atoms with Crippen molar-refractivity contribution in [3.8, 4) is 5.75 Å². The number of rotatable bonds is 5. The third-order valence-corrected chi connectivity index (χ3v) is 4.55. The third-order valence-electron chi connectivity index (χ3n) is 4.55. The molecule has 118 valence electrons. The first kappa shape index (κ1) is 16.2. The molecule has 4 nitrogen and oxygen atoms in total. The molecular weight excluding hydrogens is 273 g/mol. The number of hydrogen-bond donors (Lipinski definition) is 1. The zero-order chi connectivity index (χ0) is 15.5. The molecule has 0 aliphatic carbocycles. The number of benzene rings is 1. The van der Waals surface area contributed by atoms with E-state index in [2.05, 4.69) is 4.90 Å². The van der Waals surface area contributed by atoms with E-state index >= 15 is 0 Å². The first-order valence-electron chi connectivity index (χ1n) is 7.37. The van der Waals surface area contributed by atoms with Crippen LogP contribution in [-0.4, -0.2) is 49.0 Å². The molecule has 1 heterocycles. The number of aliphatic hydroxyl groups excluding tert-OH is 1. The Morgan fingerprint density at radius 2 is 2.10 bits per heavy atom. The van der Waals surface area contributed by atoms with Gasteiger partial charge in [-0.2, -0.15) is 0 Å². The van der Waals surface area contributed by atoms with Crippen molar-refractivity contribution >= 4 is 0 Å². The summed E-state index contributed by atoms with van der Waals surface area (Å²) >= 11 is 0. The highest BCUT2D eigenvalue weighted by atomic mass is 19.1. The molecule has 5 heteroatoms.